The first-order valence-electron chi connectivity index (χ1n) is 8.38. The minimum atomic E-state index is -0.111. The van der Waals surface area contributed by atoms with Crippen LogP contribution in [0.4, 0.5) is 34.5 Å². The molecular weight excluding hydrogens is 342 g/mol. The summed E-state index contributed by atoms with van der Waals surface area (Å²) in [6.45, 7) is 1.47. The summed E-state index contributed by atoms with van der Waals surface area (Å²) in [7, 11) is 3.99. The highest BCUT2D eigenvalue weighted by atomic mass is 16.1. The first kappa shape index (κ1) is 18.1. The SMILES string of the molecule is CC(=O)Nc1ccc(Nc2nncc(Nc3ccc(N(C)C)cc3)n2)cc1. The van der Waals surface area contributed by atoms with Gasteiger partial charge in [0.15, 0.2) is 5.82 Å². The fraction of sp³-hybridized carbons (Fsp3) is 0.158. The van der Waals surface area contributed by atoms with Gasteiger partial charge in [-0.1, -0.05) is 0 Å². The highest BCUT2D eigenvalue weighted by molar-refractivity contribution is 5.88. The Morgan fingerprint density at radius 1 is 0.889 bits per heavy atom. The van der Waals surface area contributed by atoms with E-state index in [1.54, 1.807) is 18.3 Å². The number of rotatable bonds is 6. The molecule has 0 aliphatic heterocycles. The second-order valence-corrected chi connectivity index (χ2v) is 6.12. The van der Waals surface area contributed by atoms with Crippen LogP contribution in [0.25, 0.3) is 0 Å². The Morgan fingerprint density at radius 3 is 2.11 bits per heavy atom. The lowest BCUT2D eigenvalue weighted by Crippen LogP contribution is -2.08. The topological polar surface area (TPSA) is 95.1 Å². The van der Waals surface area contributed by atoms with E-state index in [2.05, 4.69) is 31.1 Å². The summed E-state index contributed by atoms with van der Waals surface area (Å²) in [5.74, 6) is 0.845. The minimum absolute atomic E-state index is 0.111. The molecule has 3 N–H and O–H groups in total. The number of amides is 1. The molecule has 1 heterocycles. The van der Waals surface area contributed by atoms with Crippen LogP contribution in [0.3, 0.4) is 0 Å². The first-order chi connectivity index (χ1) is 13.0. The lowest BCUT2D eigenvalue weighted by Gasteiger charge is -2.13. The van der Waals surface area contributed by atoms with Gasteiger partial charge in [-0.2, -0.15) is 10.1 Å². The third kappa shape index (κ3) is 5.15. The van der Waals surface area contributed by atoms with Gasteiger partial charge in [0.1, 0.15) is 0 Å². The molecule has 0 aliphatic carbocycles. The number of hydrogen-bond acceptors (Lipinski definition) is 7. The molecule has 3 aromatic rings. The summed E-state index contributed by atoms with van der Waals surface area (Å²) in [6.07, 6.45) is 1.56. The number of benzene rings is 2. The molecule has 2 aromatic carbocycles. The zero-order valence-corrected chi connectivity index (χ0v) is 15.4. The Balaban J connectivity index is 1.67. The van der Waals surface area contributed by atoms with Crippen LogP contribution in [-0.2, 0) is 4.79 Å². The van der Waals surface area contributed by atoms with Crippen molar-refractivity contribution in [1.82, 2.24) is 15.2 Å². The molecule has 8 nitrogen and oxygen atoms in total. The number of aromatic nitrogens is 3. The van der Waals surface area contributed by atoms with Crippen LogP contribution in [0.1, 0.15) is 6.92 Å². The molecule has 0 spiro atoms. The monoisotopic (exact) mass is 363 g/mol. The van der Waals surface area contributed by atoms with E-state index in [4.69, 9.17) is 0 Å². The maximum Gasteiger partial charge on any atom is 0.249 e. The summed E-state index contributed by atoms with van der Waals surface area (Å²) < 4.78 is 0. The quantitative estimate of drug-likeness (QED) is 0.618. The van der Waals surface area contributed by atoms with Crippen molar-refractivity contribution in [2.75, 3.05) is 34.9 Å². The lowest BCUT2D eigenvalue weighted by molar-refractivity contribution is -0.114. The van der Waals surface area contributed by atoms with Crippen molar-refractivity contribution in [3.8, 4) is 0 Å². The number of nitrogens with zero attached hydrogens (tertiary/aromatic N) is 4. The van der Waals surface area contributed by atoms with Gasteiger partial charge in [-0.25, -0.2) is 0 Å². The molecule has 0 saturated carbocycles. The van der Waals surface area contributed by atoms with Crippen molar-refractivity contribution in [2.24, 2.45) is 0 Å². The van der Waals surface area contributed by atoms with Crippen molar-refractivity contribution in [2.45, 2.75) is 6.92 Å². The Kier molecular flexibility index (Phi) is 5.46. The Labute approximate surface area is 157 Å². The van der Waals surface area contributed by atoms with Crippen LogP contribution in [0.15, 0.2) is 54.7 Å². The zero-order chi connectivity index (χ0) is 19.2. The molecule has 1 amide bonds. The van der Waals surface area contributed by atoms with Crippen LogP contribution in [0.2, 0.25) is 0 Å². The lowest BCUT2D eigenvalue weighted by atomic mass is 10.2. The Morgan fingerprint density at radius 2 is 1.48 bits per heavy atom. The summed E-state index contributed by atoms with van der Waals surface area (Å²) in [6, 6.07) is 15.2. The van der Waals surface area contributed by atoms with E-state index in [1.165, 1.54) is 6.92 Å². The number of hydrogen-bond donors (Lipinski definition) is 3. The predicted molar refractivity (Wildman–Crippen MR) is 108 cm³/mol. The van der Waals surface area contributed by atoms with Gasteiger partial charge in [0.05, 0.1) is 6.20 Å². The van der Waals surface area contributed by atoms with Crippen LogP contribution < -0.4 is 20.9 Å². The highest BCUT2D eigenvalue weighted by Gasteiger charge is 2.03. The third-order valence-corrected chi connectivity index (χ3v) is 3.68. The number of anilines is 6. The largest absolute Gasteiger partial charge is 0.378 e. The van der Waals surface area contributed by atoms with Crippen molar-refractivity contribution in [1.29, 1.82) is 0 Å². The molecule has 0 fully saturated rings. The minimum Gasteiger partial charge on any atom is -0.378 e. The normalized spacial score (nSPS) is 10.2. The predicted octanol–water partition coefficient (Wildman–Crippen LogP) is 3.38. The van der Waals surface area contributed by atoms with E-state index in [1.807, 2.05) is 55.4 Å². The van der Waals surface area contributed by atoms with Crippen molar-refractivity contribution in [3.05, 3.63) is 54.7 Å². The number of carbonyl (C=O) groups is 1. The second-order valence-electron chi connectivity index (χ2n) is 6.12. The van der Waals surface area contributed by atoms with Gasteiger partial charge in [-0.3, -0.25) is 4.79 Å². The van der Waals surface area contributed by atoms with E-state index in [0.717, 1.165) is 22.7 Å². The molecule has 138 valence electrons. The molecule has 0 radical (unpaired) electrons. The Hall–Kier alpha value is -3.68. The smallest absolute Gasteiger partial charge is 0.249 e. The van der Waals surface area contributed by atoms with E-state index >= 15 is 0 Å². The van der Waals surface area contributed by atoms with Crippen LogP contribution in [0, 0.1) is 0 Å². The molecule has 8 heteroatoms. The summed E-state index contributed by atoms with van der Waals surface area (Å²) >= 11 is 0. The van der Waals surface area contributed by atoms with Gasteiger partial charge >= 0.3 is 0 Å². The van der Waals surface area contributed by atoms with Crippen molar-refractivity contribution >= 4 is 40.4 Å². The number of carbonyl (C=O) groups excluding carboxylic acids is 1. The average Bonchev–Trinajstić information content (AvgIpc) is 2.64. The molecule has 3 rings (SSSR count). The van der Waals surface area contributed by atoms with E-state index in [-0.39, 0.29) is 5.91 Å². The summed E-state index contributed by atoms with van der Waals surface area (Å²) in [5, 5.41) is 17.0. The van der Waals surface area contributed by atoms with Crippen molar-refractivity contribution in [3.63, 3.8) is 0 Å². The number of nitrogens with one attached hydrogen (secondary N) is 3. The van der Waals surface area contributed by atoms with Gasteiger partial charge < -0.3 is 20.9 Å². The van der Waals surface area contributed by atoms with Gasteiger partial charge in [-0.05, 0) is 48.5 Å². The fourth-order valence-electron chi connectivity index (χ4n) is 2.38. The highest BCUT2D eigenvalue weighted by Crippen LogP contribution is 2.20. The molecule has 0 atom stereocenters. The molecule has 0 unspecified atom stereocenters. The summed E-state index contributed by atoms with van der Waals surface area (Å²) in [4.78, 5) is 17.5. The van der Waals surface area contributed by atoms with Crippen LogP contribution >= 0.6 is 0 Å². The molecule has 27 heavy (non-hydrogen) atoms. The van der Waals surface area contributed by atoms with Gasteiger partial charge in [0.2, 0.25) is 11.9 Å². The van der Waals surface area contributed by atoms with Gasteiger partial charge in [0.25, 0.3) is 0 Å². The van der Waals surface area contributed by atoms with E-state index in [0.29, 0.717) is 11.8 Å². The van der Waals surface area contributed by atoms with Crippen LogP contribution in [0.5, 0.6) is 0 Å². The van der Waals surface area contributed by atoms with Gasteiger partial charge in [0, 0.05) is 43.8 Å². The zero-order valence-electron chi connectivity index (χ0n) is 15.4. The van der Waals surface area contributed by atoms with E-state index < -0.39 is 0 Å². The second kappa shape index (κ2) is 8.13. The first-order valence-corrected chi connectivity index (χ1v) is 8.38. The molecule has 0 saturated heterocycles. The molecular formula is C19H21N7O. The maximum absolute atomic E-state index is 11.1. The van der Waals surface area contributed by atoms with Gasteiger partial charge in [-0.15, -0.1) is 5.10 Å². The fourth-order valence-corrected chi connectivity index (χ4v) is 2.38. The van der Waals surface area contributed by atoms with E-state index in [9.17, 15) is 4.79 Å². The van der Waals surface area contributed by atoms with Crippen LogP contribution in [-0.4, -0.2) is 35.2 Å². The molecule has 0 aliphatic rings. The van der Waals surface area contributed by atoms with Crippen molar-refractivity contribution < 1.29 is 4.79 Å². The average molecular weight is 363 g/mol. The molecule has 0 bridgehead atoms. The third-order valence-electron chi connectivity index (χ3n) is 3.68. The maximum atomic E-state index is 11.1. The standard InChI is InChI=1S/C19H21N7O/c1-13(27)21-14-4-6-16(7-5-14)23-19-24-18(12-20-25-19)22-15-8-10-17(11-9-15)26(2)3/h4-12H,1-3H3,(H,21,27)(H2,22,23,24,25). The molecule has 1 aromatic heterocycles. The Bertz CT molecular complexity index is 908. The summed E-state index contributed by atoms with van der Waals surface area (Å²) in [5.41, 5.74) is 3.54.